The summed E-state index contributed by atoms with van der Waals surface area (Å²) in [6.45, 7) is 11.1. The van der Waals surface area contributed by atoms with Crippen LogP contribution in [0.25, 0.3) is 0 Å². The number of rotatable bonds is 7. The summed E-state index contributed by atoms with van der Waals surface area (Å²) in [5.74, 6) is 0.717. The number of amides is 2. The summed E-state index contributed by atoms with van der Waals surface area (Å²) < 4.78 is 0. The van der Waals surface area contributed by atoms with E-state index >= 15 is 0 Å². The van der Waals surface area contributed by atoms with Crippen LogP contribution in [-0.4, -0.2) is 63.0 Å². The molecule has 1 unspecified atom stereocenters. The van der Waals surface area contributed by atoms with Gasteiger partial charge in [-0.3, -0.25) is 9.59 Å². The third-order valence-electron chi connectivity index (χ3n) is 4.21. The molecule has 0 aliphatic carbocycles. The van der Waals surface area contributed by atoms with Crippen molar-refractivity contribution in [2.45, 2.75) is 53.0 Å². The molecule has 2 amide bonds. The van der Waals surface area contributed by atoms with Crippen molar-refractivity contribution in [3.8, 4) is 0 Å². The summed E-state index contributed by atoms with van der Waals surface area (Å²) >= 11 is 0. The van der Waals surface area contributed by atoms with Crippen molar-refractivity contribution in [2.75, 3.05) is 40.3 Å². The molecule has 1 atom stereocenters. The van der Waals surface area contributed by atoms with Crippen LogP contribution in [0.5, 0.6) is 0 Å². The highest BCUT2D eigenvalue weighted by molar-refractivity contribution is 5.87. The Hall–Kier alpha value is -1.92. The van der Waals surface area contributed by atoms with E-state index in [1.165, 1.54) is 5.56 Å². The third kappa shape index (κ3) is 14.7. The lowest BCUT2D eigenvalue weighted by atomic mass is 10.2. The van der Waals surface area contributed by atoms with Gasteiger partial charge in [0.2, 0.25) is 11.8 Å². The van der Waals surface area contributed by atoms with Crippen molar-refractivity contribution in [1.29, 1.82) is 0 Å². The number of nitrogens with one attached hydrogen (secondary N) is 3. The molecule has 1 fully saturated rings. The van der Waals surface area contributed by atoms with E-state index in [2.05, 4.69) is 61.0 Å². The fraction of sp³-hybridized carbons (Fsp3) is 0.652. The van der Waals surface area contributed by atoms with E-state index in [-0.39, 0.29) is 24.4 Å². The van der Waals surface area contributed by atoms with Gasteiger partial charge in [0.15, 0.2) is 0 Å². The van der Waals surface area contributed by atoms with Crippen molar-refractivity contribution in [1.82, 2.24) is 20.9 Å². The molecule has 0 spiro atoms. The molecule has 1 aromatic rings. The Balaban J connectivity index is 0.000000481. The maximum Gasteiger partial charge on any atom is 0.241 e. The fourth-order valence-electron chi connectivity index (χ4n) is 2.44. The van der Waals surface area contributed by atoms with Crippen LogP contribution in [0.1, 0.15) is 46.1 Å². The Labute approximate surface area is 177 Å². The van der Waals surface area contributed by atoms with Crippen LogP contribution >= 0.6 is 0 Å². The lowest BCUT2D eigenvalue weighted by Crippen LogP contribution is -2.45. The van der Waals surface area contributed by atoms with E-state index in [1.54, 1.807) is 18.9 Å². The highest BCUT2D eigenvalue weighted by Gasteiger charge is 2.19. The van der Waals surface area contributed by atoms with E-state index in [0.29, 0.717) is 0 Å². The van der Waals surface area contributed by atoms with Crippen LogP contribution in [-0.2, 0) is 16.0 Å². The molecule has 2 rings (SSSR count). The molecule has 3 N–H and O–H groups in total. The van der Waals surface area contributed by atoms with Crippen molar-refractivity contribution in [3.63, 3.8) is 0 Å². The quantitative estimate of drug-likeness (QED) is 0.650. The smallest absolute Gasteiger partial charge is 0.241 e. The average molecular weight is 407 g/mol. The van der Waals surface area contributed by atoms with Gasteiger partial charge in [-0.05, 0) is 58.3 Å². The van der Waals surface area contributed by atoms with Crippen molar-refractivity contribution < 1.29 is 9.59 Å². The predicted octanol–water partition coefficient (Wildman–Crippen LogP) is 2.44. The largest absolute Gasteiger partial charge is 0.346 e. The molecule has 0 aromatic heterocycles. The van der Waals surface area contributed by atoms with E-state index in [4.69, 9.17) is 0 Å². The standard InChI is InChI=1S/C10H19N3O2.C9H13N.C4H10/c1-8(11-2)10(15)12-7-9(14)13-5-3-4-6-13;1-10-8-7-9-5-3-2-4-6-9;1-4(2)3/h8,11H,3-7H2,1-2H3,(H,12,15);2-6,10H,7-8H2,1H3;4H,1-3H3. The van der Waals surface area contributed by atoms with Gasteiger partial charge in [-0.2, -0.15) is 0 Å². The van der Waals surface area contributed by atoms with Crippen LogP contribution in [0.2, 0.25) is 0 Å². The Bertz CT molecular complexity index is 540. The second-order valence-electron chi connectivity index (χ2n) is 7.89. The van der Waals surface area contributed by atoms with Gasteiger partial charge in [0.25, 0.3) is 0 Å². The highest BCUT2D eigenvalue weighted by atomic mass is 16.2. The maximum atomic E-state index is 11.6. The molecule has 1 aromatic carbocycles. The Morgan fingerprint density at radius 1 is 1.00 bits per heavy atom. The second-order valence-corrected chi connectivity index (χ2v) is 7.89. The molecule has 1 aliphatic rings. The van der Waals surface area contributed by atoms with Crippen molar-refractivity contribution in [3.05, 3.63) is 35.9 Å². The lowest BCUT2D eigenvalue weighted by Gasteiger charge is -2.16. The van der Waals surface area contributed by atoms with Gasteiger partial charge in [-0.15, -0.1) is 0 Å². The predicted molar refractivity (Wildman–Crippen MR) is 122 cm³/mol. The summed E-state index contributed by atoms with van der Waals surface area (Å²) in [5, 5.41) is 8.55. The van der Waals surface area contributed by atoms with E-state index < -0.39 is 0 Å². The summed E-state index contributed by atoms with van der Waals surface area (Å²) in [6.07, 6.45) is 3.27. The average Bonchev–Trinajstić information content (AvgIpc) is 3.25. The Morgan fingerprint density at radius 2 is 1.55 bits per heavy atom. The number of likely N-dealkylation sites (tertiary alicyclic amines) is 1. The van der Waals surface area contributed by atoms with Gasteiger partial charge in [0, 0.05) is 13.1 Å². The number of carbonyl (C=O) groups is 2. The van der Waals surface area contributed by atoms with E-state index in [0.717, 1.165) is 44.8 Å². The molecule has 0 saturated carbocycles. The second kappa shape index (κ2) is 17.0. The monoisotopic (exact) mass is 406 g/mol. The van der Waals surface area contributed by atoms with Gasteiger partial charge in [-0.25, -0.2) is 0 Å². The van der Waals surface area contributed by atoms with Crippen LogP contribution < -0.4 is 16.0 Å². The normalized spacial score (nSPS) is 13.7. The molecule has 6 nitrogen and oxygen atoms in total. The van der Waals surface area contributed by atoms with Gasteiger partial charge in [0.1, 0.15) is 0 Å². The zero-order valence-corrected chi connectivity index (χ0v) is 19.3. The first kappa shape index (κ1) is 27.1. The highest BCUT2D eigenvalue weighted by Crippen LogP contribution is 2.06. The number of likely N-dealkylation sites (N-methyl/N-ethyl adjacent to an activating group) is 2. The van der Waals surface area contributed by atoms with Crippen LogP contribution in [0.3, 0.4) is 0 Å². The number of hydrogen-bond donors (Lipinski definition) is 3. The van der Waals surface area contributed by atoms with Crippen LogP contribution in [0, 0.1) is 5.92 Å². The minimum atomic E-state index is -0.253. The summed E-state index contributed by atoms with van der Waals surface area (Å²) in [5.41, 5.74) is 1.40. The van der Waals surface area contributed by atoms with Gasteiger partial charge in [-0.1, -0.05) is 51.1 Å². The molecule has 0 bridgehead atoms. The summed E-state index contributed by atoms with van der Waals surface area (Å²) in [4.78, 5) is 24.7. The van der Waals surface area contributed by atoms with Crippen LogP contribution in [0.4, 0.5) is 0 Å². The number of carbonyl (C=O) groups excluding carboxylic acids is 2. The zero-order chi connectivity index (χ0) is 22.1. The molecule has 166 valence electrons. The van der Waals surface area contributed by atoms with Gasteiger partial charge in [0.05, 0.1) is 12.6 Å². The molecule has 29 heavy (non-hydrogen) atoms. The first-order valence-corrected chi connectivity index (χ1v) is 10.7. The molecule has 0 radical (unpaired) electrons. The first-order chi connectivity index (χ1) is 13.8. The number of benzene rings is 1. The van der Waals surface area contributed by atoms with Crippen molar-refractivity contribution >= 4 is 11.8 Å². The molecular formula is C23H42N4O2. The molecule has 6 heteroatoms. The van der Waals surface area contributed by atoms with Gasteiger partial charge >= 0.3 is 0 Å². The first-order valence-electron chi connectivity index (χ1n) is 10.7. The Morgan fingerprint density at radius 3 is 2.03 bits per heavy atom. The number of nitrogens with zero attached hydrogens (tertiary/aromatic N) is 1. The SMILES string of the molecule is CC(C)C.CNC(C)C(=O)NCC(=O)N1CCCC1.CNCCc1ccccc1. The van der Waals surface area contributed by atoms with E-state index in [1.807, 2.05) is 13.1 Å². The van der Waals surface area contributed by atoms with Crippen molar-refractivity contribution in [2.24, 2.45) is 5.92 Å². The minimum Gasteiger partial charge on any atom is -0.346 e. The van der Waals surface area contributed by atoms with Gasteiger partial charge < -0.3 is 20.9 Å². The molecule has 1 heterocycles. The van der Waals surface area contributed by atoms with E-state index in [9.17, 15) is 9.59 Å². The Kier molecular flexibility index (Phi) is 15.9. The maximum absolute atomic E-state index is 11.6. The van der Waals surface area contributed by atoms with Crippen LogP contribution in [0.15, 0.2) is 30.3 Å². The molecule has 1 aliphatic heterocycles. The zero-order valence-electron chi connectivity index (χ0n) is 19.3. The lowest BCUT2D eigenvalue weighted by molar-refractivity contribution is -0.132. The molecular weight excluding hydrogens is 364 g/mol. The third-order valence-corrected chi connectivity index (χ3v) is 4.21. The summed E-state index contributed by atoms with van der Waals surface area (Å²) in [7, 11) is 3.69. The molecule has 1 saturated heterocycles. The minimum absolute atomic E-state index is 0.0177. The fourth-order valence-corrected chi connectivity index (χ4v) is 2.44. The topological polar surface area (TPSA) is 73.5 Å². The number of hydrogen-bond acceptors (Lipinski definition) is 4. The summed E-state index contributed by atoms with van der Waals surface area (Å²) in [6, 6.07) is 10.2.